The molecule has 8 heteroatoms. The van der Waals surface area contributed by atoms with Crippen LogP contribution in [0.5, 0.6) is 5.75 Å². The molecule has 0 amide bonds. The molecule has 0 saturated carbocycles. The smallest absolute Gasteiger partial charge is 0.349 e. The molecule has 36 heavy (non-hydrogen) atoms. The molecule has 0 radical (unpaired) electrons. The van der Waals surface area contributed by atoms with Crippen LogP contribution in [0.15, 0.2) is 91.0 Å². The van der Waals surface area contributed by atoms with Crippen LogP contribution < -0.4 is 0 Å². The number of fused-ring (bicyclic) bond motifs is 4. The molecule has 0 atom stereocenters. The van der Waals surface area contributed by atoms with Gasteiger partial charge in [0.2, 0.25) is 0 Å². The lowest BCUT2D eigenvalue weighted by Gasteiger charge is -2.15. The first-order chi connectivity index (χ1) is 17.3. The molecule has 0 aliphatic carbocycles. The van der Waals surface area contributed by atoms with E-state index >= 15 is 0 Å². The monoisotopic (exact) mass is 482 g/mol. The Balaban J connectivity index is 0.000000211. The molecule has 0 saturated heterocycles. The van der Waals surface area contributed by atoms with Crippen LogP contribution in [0.2, 0.25) is 0 Å². The van der Waals surface area contributed by atoms with Gasteiger partial charge in [0.1, 0.15) is 16.9 Å². The van der Waals surface area contributed by atoms with Gasteiger partial charge in [-0.25, -0.2) is 19.2 Å². The van der Waals surface area contributed by atoms with E-state index in [1.54, 1.807) is 0 Å². The van der Waals surface area contributed by atoms with E-state index in [1.807, 2.05) is 12.1 Å². The first kappa shape index (κ1) is 23.9. The fourth-order valence-electron chi connectivity index (χ4n) is 3.74. The summed E-state index contributed by atoms with van der Waals surface area (Å²) in [5.41, 5.74) is 0.917. The van der Waals surface area contributed by atoms with Crippen molar-refractivity contribution in [1.29, 1.82) is 0 Å². The summed E-state index contributed by atoms with van der Waals surface area (Å²) in [7, 11) is 0. The predicted molar refractivity (Wildman–Crippen MR) is 129 cm³/mol. The van der Waals surface area contributed by atoms with Crippen molar-refractivity contribution >= 4 is 23.9 Å². The van der Waals surface area contributed by atoms with Crippen LogP contribution in [0.1, 0.15) is 41.4 Å². The van der Waals surface area contributed by atoms with Crippen molar-refractivity contribution in [2.75, 3.05) is 0 Å². The van der Waals surface area contributed by atoms with Gasteiger partial charge < -0.3 is 20.1 Å². The highest BCUT2D eigenvalue weighted by molar-refractivity contribution is 6.12. The van der Waals surface area contributed by atoms with Crippen LogP contribution in [-0.2, 0) is 4.74 Å². The number of carbonyl (C=O) groups is 4. The van der Waals surface area contributed by atoms with Crippen molar-refractivity contribution in [2.24, 2.45) is 0 Å². The Hall–Kier alpha value is -5.24. The number of ether oxygens (including phenoxy) is 1. The zero-order valence-electron chi connectivity index (χ0n) is 18.5. The molecular formula is C28H18O8. The second kappa shape index (κ2) is 9.94. The number of carbonyl (C=O) groups excluding carboxylic acids is 2. The third-order valence-electron chi connectivity index (χ3n) is 5.46. The maximum Gasteiger partial charge on any atom is 0.349 e. The molecular weight excluding hydrogens is 464 g/mol. The molecule has 4 aromatic carbocycles. The molecule has 178 valence electrons. The van der Waals surface area contributed by atoms with E-state index in [1.165, 1.54) is 23.3 Å². The summed E-state index contributed by atoms with van der Waals surface area (Å²) >= 11 is 0. The topological polar surface area (TPSA) is 138 Å². The molecule has 0 unspecified atom stereocenters. The highest BCUT2D eigenvalue weighted by Crippen LogP contribution is 2.35. The average Bonchev–Trinajstić information content (AvgIpc) is 2.88. The summed E-state index contributed by atoms with van der Waals surface area (Å²) in [6, 6.07) is 26.7. The van der Waals surface area contributed by atoms with Crippen LogP contribution >= 0.6 is 0 Å². The fourth-order valence-corrected chi connectivity index (χ4v) is 3.74. The molecule has 2 aliphatic rings. The number of phenols is 1. The first-order valence-corrected chi connectivity index (χ1v) is 10.6. The predicted octanol–water partition coefficient (Wildman–Crippen LogP) is 5.12. The number of hydrogen-bond donors (Lipinski definition) is 3. The Morgan fingerprint density at radius 2 is 1.11 bits per heavy atom. The number of aromatic hydroxyl groups is 1. The van der Waals surface area contributed by atoms with Gasteiger partial charge in [0.05, 0.1) is 11.1 Å². The molecule has 0 fully saturated rings. The summed E-state index contributed by atoms with van der Waals surface area (Å²) in [5, 5.41) is 28.5. The van der Waals surface area contributed by atoms with Gasteiger partial charge in [-0.1, -0.05) is 72.8 Å². The van der Waals surface area contributed by atoms with Crippen molar-refractivity contribution in [3.05, 3.63) is 113 Å². The van der Waals surface area contributed by atoms with E-state index in [9.17, 15) is 29.4 Å². The van der Waals surface area contributed by atoms with Gasteiger partial charge >= 0.3 is 23.9 Å². The van der Waals surface area contributed by atoms with E-state index in [0.29, 0.717) is 0 Å². The van der Waals surface area contributed by atoms with Gasteiger partial charge in [-0.05, 0) is 34.9 Å². The standard InChI is InChI=1S/C16H8O8.C12H10/c17-12-9-4-3-7(11(12)14(20)21)6-1-2-8(13(18)19)10(5-6)16(23)24-15(9)22;1-3-7-11(8-4-1)12-9-5-2-6-10-12/h1-5,17H,(H,18,19)(H,20,21);1-10H. The van der Waals surface area contributed by atoms with E-state index in [-0.39, 0.29) is 11.1 Å². The maximum atomic E-state index is 12.1. The Kier molecular flexibility index (Phi) is 6.60. The van der Waals surface area contributed by atoms with E-state index < -0.39 is 51.9 Å². The second-order valence-corrected chi connectivity index (χ2v) is 7.66. The molecule has 4 aromatic rings. The highest BCUT2D eigenvalue weighted by atomic mass is 16.6. The van der Waals surface area contributed by atoms with Crippen molar-refractivity contribution in [2.45, 2.75) is 0 Å². The van der Waals surface area contributed by atoms with Crippen LogP contribution in [0.25, 0.3) is 22.3 Å². The Labute approximate surface area is 204 Å². The van der Waals surface area contributed by atoms with E-state index in [0.717, 1.165) is 18.2 Å². The SMILES string of the molecule is O=C(O)c1ccc2cc1C(=O)OC(=O)c1ccc-2c(C(=O)O)c1O.c1ccc(-c2ccccc2)cc1. The Morgan fingerprint density at radius 3 is 1.64 bits per heavy atom. The third kappa shape index (κ3) is 4.69. The summed E-state index contributed by atoms with van der Waals surface area (Å²) in [6.07, 6.45) is 0. The van der Waals surface area contributed by atoms with Gasteiger partial charge in [0, 0.05) is 5.56 Å². The number of carboxylic acids is 2. The number of rotatable bonds is 3. The van der Waals surface area contributed by atoms with Crippen LogP contribution in [-0.4, -0.2) is 39.2 Å². The van der Waals surface area contributed by atoms with Crippen LogP contribution in [0, 0.1) is 0 Å². The number of benzene rings is 4. The highest BCUT2D eigenvalue weighted by Gasteiger charge is 2.29. The molecule has 6 rings (SSSR count). The van der Waals surface area contributed by atoms with Crippen molar-refractivity contribution < 1.29 is 39.2 Å². The largest absolute Gasteiger partial charge is 0.506 e. The minimum absolute atomic E-state index is 0.0319. The number of esters is 2. The lowest BCUT2D eigenvalue weighted by atomic mass is 9.93. The lowest BCUT2D eigenvalue weighted by molar-refractivity contribution is 0.0390. The van der Waals surface area contributed by atoms with Crippen LogP contribution in [0.4, 0.5) is 0 Å². The Morgan fingerprint density at radius 1 is 0.583 bits per heavy atom. The fraction of sp³-hybridized carbons (Fsp3) is 0. The number of aromatic carboxylic acids is 2. The van der Waals surface area contributed by atoms with Crippen molar-refractivity contribution in [1.82, 2.24) is 0 Å². The lowest BCUT2D eigenvalue weighted by Crippen LogP contribution is -2.18. The molecule has 8 nitrogen and oxygen atoms in total. The zero-order chi connectivity index (χ0) is 25.8. The van der Waals surface area contributed by atoms with Gasteiger partial charge in [0.25, 0.3) is 0 Å². The van der Waals surface area contributed by atoms with Gasteiger partial charge in [-0.2, -0.15) is 0 Å². The van der Waals surface area contributed by atoms with Crippen molar-refractivity contribution in [3.8, 4) is 28.0 Å². The quantitative estimate of drug-likeness (QED) is 0.270. The minimum atomic E-state index is -1.49. The molecule has 2 aliphatic heterocycles. The summed E-state index contributed by atoms with van der Waals surface area (Å²) in [5.74, 6) is -6.22. The van der Waals surface area contributed by atoms with E-state index in [4.69, 9.17) is 5.11 Å². The normalized spacial score (nSPS) is 11.7. The average molecular weight is 482 g/mol. The second-order valence-electron chi connectivity index (χ2n) is 7.66. The number of carboxylic acid groups (broad SMARTS) is 2. The maximum absolute atomic E-state index is 12.1. The molecule has 2 heterocycles. The van der Waals surface area contributed by atoms with Crippen molar-refractivity contribution in [3.63, 3.8) is 0 Å². The molecule has 4 bridgehead atoms. The van der Waals surface area contributed by atoms with Crippen LogP contribution in [0.3, 0.4) is 0 Å². The molecule has 0 spiro atoms. The third-order valence-corrected chi connectivity index (χ3v) is 5.46. The number of hydrogen-bond acceptors (Lipinski definition) is 6. The summed E-state index contributed by atoms with van der Waals surface area (Å²) in [4.78, 5) is 46.7. The van der Waals surface area contributed by atoms with Gasteiger partial charge in [-0.3, -0.25) is 0 Å². The summed E-state index contributed by atoms with van der Waals surface area (Å²) < 4.78 is 4.56. The zero-order valence-corrected chi connectivity index (χ0v) is 18.5. The Bertz CT molecular complexity index is 1450. The van der Waals surface area contributed by atoms with E-state index in [2.05, 4.69) is 53.3 Å². The van der Waals surface area contributed by atoms with Gasteiger partial charge in [0.15, 0.2) is 0 Å². The first-order valence-electron chi connectivity index (χ1n) is 10.6. The summed E-state index contributed by atoms with van der Waals surface area (Å²) in [6.45, 7) is 0. The minimum Gasteiger partial charge on any atom is -0.506 e. The van der Waals surface area contributed by atoms with Gasteiger partial charge in [-0.15, -0.1) is 0 Å². The molecule has 3 N–H and O–H groups in total. The molecule has 0 aromatic heterocycles.